The van der Waals surface area contributed by atoms with Crippen LogP contribution in [0, 0.1) is 0 Å². The minimum absolute atomic E-state index is 0.0612. The SMILES string of the molecule is CCCC(N)c1nc(-c2ccc(Cl)cc2)cs1. The van der Waals surface area contributed by atoms with Crippen molar-refractivity contribution in [1.29, 1.82) is 0 Å². The van der Waals surface area contributed by atoms with Crippen molar-refractivity contribution < 1.29 is 0 Å². The summed E-state index contributed by atoms with van der Waals surface area (Å²) in [6.07, 6.45) is 2.06. The molecule has 0 aliphatic carbocycles. The highest BCUT2D eigenvalue weighted by molar-refractivity contribution is 7.10. The summed E-state index contributed by atoms with van der Waals surface area (Å²) in [5, 5.41) is 3.80. The van der Waals surface area contributed by atoms with E-state index in [2.05, 4.69) is 11.9 Å². The summed E-state index contributed by atoms with van der Waals surface area (Å²) in [6.45, 7) is 2.13. The molecular formula is C13H15ClN2S. The van der Waals surface area contributed by atoms with Gasteiger partial charge in [0.15, 0.2) is 0 Å². The van der Waals surface area contributed by atoms with Crippen LogP contribution in [-0.4, -0.2) is 4.98 Å². The highest BCUT2D eigenvalue weighted by Gasteiger charge is 2.10. The molecule has 1 aromatic heterocycles. The van der Waals surface area contributed by atoms with E-state index in [1.165, 1.54) is 0 Å². The Kier molecular flexibility index (Phi) is 4.15. The number of nitrogens with zero attached hydrogens (tertiary/aromatic N) is 1. The fourth-order valence-electron chi connectivity index (χ4n) is 1.65. The average Bonchev–Trinajstić information content (AvgIpc) is 2.80. The molecule has 0 radical (unpaired) electrons. The minimum Gasteiger partial charge on any atom is -0.322 e. The lowest BCUT2D eigenvalue weighted by molar-refractivity contribution is 0.635. The molecule has 2 aromatic rings. The Balaban J connectivity index is 2.20. The second kappa shape index (κ2) is 5.63. The highest BCUT2D eigenvalue weighted by Crippen LogP contribution is 2.27. The van der Waals surface area contributed by atoms with E-state index >= 15 is 0 Å². The van der Waals surface area contributed by atoms with Gasteiger partial charge in [0.2, 0.25) is 0 Å². The summed E-state index contributed by atoms with van der Waals surface area (Å²) in [6, 6.07) is 7.77. The van der Waals surface area contributed by atoms with Gasteiger partial charge in [-0.15, -0.1) is 11.3 Å². The molecule has 1 heterocycles. The van der Waals surface area contributed by atoms with Gasteiger partial charge in [0.25, 0.3) is 0 Å². The van der Waals surface area contributed by atoms with Crippen molar-refractivity contribution in [2.45, 2.75) is 25.8 Å². The quantitative estimate of drug-likeness (QED) is 0.898. The maximum atomic E-state index is 6.05. The first kappa shape index (κ1) is 12.6. The van der Waals surface area contributed by atoms with Crippen LogP contribution in [0.15, 0.2) is 29.6 Å². The van der Waals surface area contributed by atoms with Gasteiger partial charge in [0.05, 0.1) is 11.7 Å². The van der Waals surface area contributed by atoms with Crippen LogP contribution < -0.4 is 5.73 Å². The number of hydrogen-bond acceptors (Lipinski definition) is 3. The molecule has 17 heavy (non-hydrogen) atoms. The molecule has 0 saturated carbocycles. The number of aromatic nitrogens is 1. The number of benzene rings is 1. The third-order valence-corrected chi connectivity index (χ3v) is 3.81. The predicted octanol–water partition coefficient (Wildman–Crippen LogP) is 4.26. The van der Waals surface area contributed by atoms with Gasteiger partial charge in [-0.1, -0.05) is 37.1 Å². The molecule has 1 atom stereocenters. The van der Waals surface area contributed by atoms with Gasteiger partial charge >= 0.3 is 0 Å². The third kappa shape index (κ3) is 3.06. The van der Waals surface area contributed by atoms with E-state index < -0.39 is 0 Å². The molecule has 2 N–H and O–H groups in total. The lowest BCUT2D eigenvalue weighted by Crippen LogP contribution is -2.09. The Morgan fingerprint density at radius 1 is 1.35 bits per heavy atom. The average molecular weight is 267 g/mol. The molecule has 0 aliphatic heterocycles. The van der Waals surface area contributed by atoms with Gasteiger partial charge in [-0.25, -0.2) is 4.98 Å². The molecule has 90 valence electrons. The Morgan fingerprint density at radius 3 is 2.71 bits per heavy atom. The Morgan fingerprint density at radius 2 is 2.06 bits per heavy atom. The molecule has 0 spiro atoms. The summed E-state index contributed by atoms with van der Waals surface area (Å²) in [5.41, 5.74) is 8.11. The van der Waals surface area contributed by atoms with Crippen molar-refractivity contribution in [1.82, 2.24) is 4.98 Å². The minimum atomic E-state index is 0.0612. The van der Waals surface area contributed by atoms with Gasteiger partial charge in [-0.3, -0.25) is 0 Å². The molecular weight excluding hydrogens is 252 g/mol. The smallest absolute Gasteiger partial charge is 0.110 e. The van der Waals surface area contributed by atoms with E-state index in [0.717, 1.165) is 34.1 Å². The number of nitrogens with two attached hydrogens (primary N) is 1. The summed E-state index contributed by atoms with van der Waals surface area (Å²) in [4.78, 5) is 4.58. The third-order valence-electron chi connectivity index (χ3n) is 2.58. The Hall–Kier alpha value is -0.900. The van der Waals surface area contributed by atoms with Crippen LogP contribution in [0.25, 0.3) is 11.3 Å². The maximum Gasteiger partial charge on any atom is 0.110 e. The van der Waals surface area contributed by atoms with E-state index in [0.29, 0.717) is 0 Å². The molecule has 0 aliphatic rings. The molecule has 1 unspecified atom stereocenters. The van der Waals surface area contributed by atoms with Gasteiger partial charge in [-0.05, 0) is 18.6 Å². The van der Waals surface area contributed by atoms with E-state index in [1.807, 2.05) is 29.6 Å². The van der Waals surface area contributed by atoms with Crippen molar-refractivity contribution in [2.24, 2.45) is 5.73 Å². The number of hydrogen-bond donors (Lipinski definition) is 1. The lowest BCUT2D eigenvalue weighted by Gasteiger charge is -2.05. The van der Waals surface area contributed by atoms with Crippen LogP contribution in [0.1, 0.15) is 30.8 Å². The number of thiazole rings is 1. The van der Waals surface area contributed by atoms with E-state index in [1.54, 1.807) is 11.3 Å². The van der Waals surface area contributed by atoms with Crippen molar-refractivity contribution >= 4 is 22.9 Å². The topological polar surface area (TPSA) is 38.9 Å². The van der Waals surface area contributed by atoms with Crippen LogP contribution in [0.5, 0.6) is 0 Å². The van der Waals surface area contributed by atoms with Gasteiger partial charge in [0.1, 0.15) is 5.01 Å². The van der Waals surface area contributed by atoms with Crippen LogP contribution in [0.3, 0.4) is 0 Å². The lowest BCUT2D eigenvalue weighted by atomic mass is 10.1. The van der Waals surface area contributed by atoms with E-state index in [9.17, 15) is 0 Å². The fourth-order valence-corrected chi connectivity index (χ4v) is 2.64. The van der Waals surface area contributed by atoms with Crippen molar-refractivity contribution in [3.8, 4) is 11.3 Å². The zero-order valence-corrected chi connectivity index (χ0v) is 11.3. The fraction of sp³-hybridized carbons (Fsp3) is 0.308. The van der Waals surface area contributed by atoms with E-state index in [-0.39, 0.29) is 6.04 Å². The van der Waals surface area contributed by atoms with Gasteiger partial charge in [-0.2, -0.15) is 0 Å². The first-order valence-corrected chi connectivity index (χ1v) is 6.93. The molecule has 4 heteroatoms. The molecule has 2 nitrogen and oxygen atoms in total. The molecule has 0 bridgehead atoms. The second-order valence-electron chi connectivity index (χ2n) is 3.97. The van der Waals surface area contributed by atoms with Gasteiger partial charge < -0.3 is 5.73 Å². The monoisotopic (exact) mass is 266 g/mol. The van der Waals surface area contributed by atoms with Crippen molar-refractivity contribution in [2.75, 3.05) is 0 Å². The van der Waals surface area contributed by atoms with E-state index in [4.69, 9.17) is 17.3 Å². The van der Waals surface area contributed by atoms with Gasteiger partial charge in [0, 0.05) is 16.0 Å². The van der Waals surface area contributed by atoms with Crippen LogP contribution >= 0.6 is 22.9 Å². The van der Waals surface area contributed by atoms with Crippen molar-refractivity contribution in [3.05, 3.63) is 39.7 Å². The van der Waals surface area contributed by atoms with Crippen LogP contribution in [0.2, 0.25) is 5.02 Å². The summed E-state index contributed by atoms with van der Waals surface area (Å²) in [7, 11) is 0. The zero-order valence-electron chi connectivity index (χ0n) is 9.69. The van der Waals surface area contributed by atoms with Crippen LogP contribution in [0.4, 0.5) is 0 Å². The maximum absolute atomic E-state index is 6.05. The molecule has 0 fully saturated rings. The highest BCUT2D eigenvalue weighted by atomic mass is 35.5. The second-order valence-corrected chi connectivity index (χ2v) is 5.30. The molecule has 2 rings (SSSR count). The molecule has 0 amide bonds. The first-order chi connectivity index (χ1) is 8.20. The number of halogens is 1. The summed E-state index contributed by atoms with van der Waals surface area (Å²) in [5.74, 6) is 0. The summed E-state index contributed by atoms with van der Waals surface area (Å²) >= 11 is 7.49. The largest absolute Gasteiger partial charge is 0.322 e. The zero-order chi connectivity index (χ0) is 12.3. The predicted molar refractivity (Wildman–Crippen MR) is 74.4 cm³/mol. The van der Waals surface area contributed by atoms with Crippen LogP contribution in [-0.2, 0) is 0 Å². The van der Waals surface area contributed by atoms with Crippen molar-refractivity contribution in [3.63, 3.8) is 0 Å². The standard InChI is InChI=1S/C13H15ClN2S/c1-2-3-11(15)13-16-12(8-17-13)9-4-6-10(14)7-5-9/h4-8,11H,2-3,15H2,1H3. The normalized spacial score (nSPS) is 12.6. The number of rotatable bonds is 4. The molecule has 1 aromatic carbocycles. The Labute approximate surface area is 110 Å². The molecule has 0 saturated heterocycles. The summed E-state index contributed by atoms with van der Waals surface area (Å²) < 4.78 is 0. The Bertz CT molecular complexity index is 478. The first-order valence-electron chi connectivity index (χ1n) is 5.67.